The molecule has 200 valence electrons. The topological polar surface area (TPSA) is 49.4 Å². The Bertz CT molecular complexity index is 1180. The molecule has 1 aliphatic carbocycles. The zero-order valence-electron chi connectivity index (χ0n) is 22.1. The number of halogens is 1. The molecule has 0 radical (unpaired) electrons. The molecule has 0 bridgehead atoms. The van der Waals surface area contributed by atoms with Crippen LogP contribution < -0.4 is 5.32 Å². The van der Waals surface area contributed by atoms with E-state index in [0.717, 1.165) is 46.2 Å². The van der Waals surface area contributed by atoms with E-state index < -0.39 is 6.04 Å². The zero-order valence-corrected chi connectivity index (χ0v) is 24.5. The Kier molecular flexibility index (Phi) is 10.9. The van der Waals surface area contributed by atoms with Crippen LogP contribution >= 0.6 is 27.7 Å². The van der Waals surface area contributed by atoms with Gasteiger partial charge in [0.25, 0.3) is 0 Å². The van der Waals surface area contributed by atoms with Gasteiger partial charge >= 0.3 is 0 Å². The van der Waals surface area contributed by atoms with Crippen LogP contribution in [0.5, 0.6) is 0 Å². The quantitative estimate of drug-likeness (QED) is 0.237. The predicted octanol–water partition coefficient (Wildman–Crippen LogP) is 7.33. The lowest BCUT2D eigenvalue weighted by Crippen LogP contribution is -2.52. The summed E-state index contributed by atoms with van der Waals surface area (Å²) in [7, 11) is 0. The van der Waals surface area contributed by atoms with Crippen molar-refractivity contribution < 1.29 is 9.59 Å². The molecule has 0 heterocycles. The molecule has 38 heavy (non-hydrogen) atoms. The van der Waals surface area contributed by atoms with Gasteiger partial charge in [-0.3, -0.25) is 9.59 Å². The molecule has 0 spiro atoms. The minimum absolute atomic E-state index is 0.00399. The highest BCUT2D eigenvalue weighted by atomic mass is 79.9. The first-order chi connectivity index (χ1) is 18.5. The summed E-state index contributed by atoms with van der Waals surface area (Å²) >= 11 is 5.24. The Hall–Kier alpha value is -2.57. The van der Waals surface area contributed by atoms with E-state index in [1.54, 1.807) is 11.8 Å². The molecule has 1 fully saturated rings. The van der Waals surface area contributed by atoms with E-state index >= 15 is 0 Å². The molecule has 4 nitrogen and oxygen atoms in total. The number of hydrogen-bond donors (Lipinski definition) is 1. The third-order valence-electron chi connectivity index (χ3n) is 7.07. The van der Waals surface area contributed by atoms with Crippen molar-refractivity contribution in [2.45, 2.75) is 75.4 Å². The predicted molar refractivity (Wildman–Crippen MR) is 160 cm³/mol. The molecular weight excluding hydrogens is 556 g/mol. The normalized spacial score (nSPS) is 14.6. The molecule has 4 rings (SSSR count). The highest BCUT2D eigenvalue weighted by Crippen LogP contribution is 2.23. The fourth-order valence-electron chi connectivity index (χ4n) is 4.96. The maximum Gasteiger partial charge on any atom is 0.243 e. The number of benzene rings is 3. The first-order valence-electron chi connectivity index (χ1n) is 13.6. The van der Waals surface area contributed by atoms with Crippen LogP contribution in [0.3, 0.4) is 0 Å². The fourth-order valence-corrected chi connectivity index (χ4v) is 6.25. The summed E-state index contributed by atoms with van der Waals surface area (Å²) in [5, 5.41) is 3.31. The molecule has 1 saturated carbocycles. The fraction of sp³-hybridized carbons (Fsp3) is 0.375. The summed E-state index contributed by atoms with van der Waals surface area (Å²) in [5.74, 6) is 0.624. The number of nitrogens with one attached hydrogen (secondary N) is 1. The van der Waals surface area contributed by atoms with Gasteiger partial charge in [-0.25, -0.2) is 0 Å². The molecule has 1 atom stereocenters. The molecule has 0 aliphatic heterocycles. The SMILES string of the molecule is Cc1ccc(SCCC(=O)N(Cc2cccc(Br)c2)[C@@H](Cc2ccccc2)C(=O)NC2CCCCC2)cc1. The molecule has 0 aromatic heterocycles. The lowest BCUT2D eigenvalue weighted by molar-refractivity contribution is -0.141. The van der Waals surface area contributed by atoms with Crippen LogP contribution in [0, 0.1) is 6.92 Å². The molecule has 3 aromatic rings. The molecule has 0 saturated heterocycles. The van der Waals surface area contributed by atoms with Gasteiger partial charge in [0, 0.05) is 40.5 Å². The van der Waals surface area contributed by atoms with Gasteiger partial charge < -0.3 is 10.2 Å². The lowest BCUT2D eigenvalue weighted by Gasteiger charge is -2.33. The number of hydrogen-bond acceptors (Lipinski definition) is 3. The van der Waals surface area contributed by atoms with Gasteiger partial charge in [0.2, 0.25) is 11.8 Å². The number of amides is 2. The van der Waals surface area contributed by atoms with E-state index in [0.29, 0.717) is 25.1 Å². The van der Waals surface area contributed by atoms with Crippen molar-refractivity contribution in [3.05, 3.63) is 100 Å². The maximum absolute atomic E-state index is 13.8. The van der Waals surface area contributed by atoms with Gasteiger partial charge in [-0.15, -0.1) is 11.8 Å². The third kappa shape index (κ3) is 8.74. The second-order valence-corrected chi connectivity index (χ2v) is 12.2. The third-order valence-corrected chi connectivity index (χ3v) is 8.58. The van der Waals surface area contributed by atoms with Crippen LogP contribution in [0.15, 0.2) is 88.2 Å². The van der Waals surface area contributed by atoms with E-state index in [1.807, 2.05) is 59.5 Å². The molecule has 0 unspecified atom stereocenters. The second kappa shape index (κ2) is 14.5. The Morgan fingerprint density at radius 2 is 1.66 bits per heavy atom. The molecule has 6 heteroatoms. The summed E-state index contributed by atoms with van der Waals surface area (Å²) in [6.07, 6.45) is 6.40. The summed E-state index contributed by atoms with van der Waals surface area (Å²) in [4.78, 5) is 30.6. The second-order valence-electron chi connectivity index (χ2n) is 10.1. The van der Waals surface area contributed by atoms with Crippen molar-refractivity contribution >= 4 is 39.5 Å². The van der Waals surface area contributed by atoms with Gasteiger partial charge in [-0.05, 0) is 55.2 Å². The van der Waals surface area contributed by atoms with Crippen molar-refractivity contribution in [2.24, 2.45) is 0 Å². The highest BCUT2D eigenvalue weighted by molar-refractivity contribution is 9.10. The van der Waals surface area contributed by atoms with Crippen LogP contribution in [0.4, 0.5) is 0 Å². The van der Waals surface area contributed by atoms with Crippen LogP contribution in [-0.2, 0) is 22.6 Å². The number of thioether (sulfide) groups is 1. The standard InChI is InChI=1S/C32H37BrN2O2S/c1-24-15-17-29(18-16-24)38-20-19-31(36)35(23-26-11-8-12-27(33)21-26)30(22-25-9-4-2-5-10-25)32(37)34-28-13-6-3-7-14-28/h2,4-5,8-12,15-18,21,28,30H,3,6-7,13-14,19-20,22-23H2,1H3,(H,34,37)/t30-/m0/s1. The maximum atomic E-state index is 13.8. The molecule has 1 N–H and O–H groups in total. The van der Waals surface area contributed by atoms with E-state index in [-0.39, 0.29) is 17.9 Å². The van der Waals surface area contributed by atoms with E-state index in [9.17, 15) is 9.59 Å². The zero-order chi connectivity index (χ0) is 26.7. The van der Waals surface area contributed by atoms with Gasteiger partial charge in [-0.2, -0.15) is 0 Å². The smallest absolute Gasteiger partial charge is 0.243 e. The highest BCUT2D eigenvalue weighted by Gasteiger charge is 2.31. The largest absolute Gasteiger partial charge is 0.352 e. The van der Waals surface area contributed by atoms with E-state index in [1.165, 1.54) is 12.0 Å². The van der Waals surface area contributed by atoms with Crippen LogP contribution in [0.2, 0.25) is 0 Å². The van der Waals surface area contributed by atoms with Crippen molar-refractivity contribution in [3.8, 4) is 0 Å². The summed E-state index contributed by atoms with van der Waals surface area (Å²) in [6, 6.07) is 26.0. The van der Waals surface area contributed by atoms with E-state index in [4.69, 9.17) is 0 Å². The number of rotatable bonds is 11. The average molecular weight is 594 g/mol. The van der Waals surface area contributed by atoms with Crippen molar-refractivity contribution in [3.63, 3.8) is 0 Å². The van der Waals surface area contributed by atoms with Gasteiger partial charge in [0.1, 0.15) is 6.04 Å². The Balaban J connectivity index is 1.56. The average Bonchev–Trinajstić information content (AvgIpc) is 2.93. The molecule has 2 amide bonds. The minimum atomic E-state index is -0.574. The molecule has 1 aliphatic rings. The summed E-state index contributed by atoms with van der Waals surface area (Å²) in [6.45, 7) is 2.46. The first-order valence-corrected chi connectivity index (χ1v) is 15.3. The van der Waals surface area contributed by atoms with Crippen LogP contribution in [-0.4, -0.2) is 34.6 Å². The summed E-state index contributed by atoms with van der Waals surface area (Å²) in [5.41, 5.74) is 3.28. The molecular formula is C32H37BrN2O2S. The number of aryl methyl sites for hydroxylation is 1. The van der Waals surface area contributed by atoms with Gasteiger partial charge in [-0.1, -0.05) is 95.4 Å². The van der Waals surface area contributed by atoms with Crippen molar-refractivity contribution in [1.82, 2.24) is 10.2 Å². The number of carbonyl (C=O) groups excluding carboxylic acids is 2. The Morgan fingerprint density at radius 1 is 0.947 bits per heavy atom. The van der Waals surface area contributed by atoms with Gasteiger partial charge in [0.05, 0.1) is 0 Å². The van der Waals surface area contributed by atoms with E-state index in [2.05, 4.69) is 52.4 Å². The van der Waals surface area contributed by atoms with Crippen molar-refractivity contribution in [2.75, 3.05) is 5.75 Å². The van der Waals surface area contributed by atoms with Gasteiger partial charge in [0.15, 0.2) is 0 Å². The molecule has 3 aromatic carbocycles. The summed E-state index contributed by atoms with van der Waals surface area (Å²) < 4.78 is 0.962. The van der Waals surface area contributed by atoms with Crippen LogP contribution in [0.1, 0.15) is 55.2 Å². The number of carbonyl (C=O) groups is 2. The minimum Gasteiger partial charge on any atom is -0.352 e. The Morgan fingerprint density at radius 3 is 2.37 bits per heavy atom. The van der Waals surface area contributed by atoms with Crippen LogP contribution in [0.25, 0.3) is 0 Å². The Labute approximate surface area is 239 Å². The first kappa shape index (κ1) is 28.4. The number of nitrogens with zero attached hydrogens (tertiary/aromatic N) is 1. The lowest BCUT2D eigenvalue weighted by atomic mass is 9.94. The van der Waals surface area contributed by atoms with Crippen molar-refractivity contribution in [1.29, 1.82) is 0 Å². The monoisotopic (exact) mass is 592 g/mol.